The number of amides is 1. The Kier molecular flexibility index (Phi) is 5.82. The molecule has 0 radical (unpaired) electrons. The van der Waals surface area contributed by atoms with Crippen LogP contribution < -0.4 is 5.32 Å². The highest BCUT2D eigenvalue weighted by atomic mass is 35.5. The zero-order valence-electron chi connectivity index (χ0n) is 11.8. The van der Waals surface area contributed by atoms with E-state index < -0.39 is 18.0 Å². The molecule has 0 fully saturated rings. The number of carbonyl (C=O) groups excluding carboxylic acids is 2. The quantitative estimate of drug-likeness (QED) is 0.815. The molecule has 1 aromatic carbocycles. The lowest BCUT2D eigenvalue weighted by Gasteiger charge is -2.13. The maximum absolute atomic E-state index is 12.0. The number of carbonyl (C=O) groups is 2. The van der Waals surface area contributed by atoms with Crippen molar-refractivity contribution in [1.82, 2.24) is 4.98 Å². The Morgan fingerprint density at radius 1 is 1.13 bits per heavy atom. The highest BCUT2D eigenvalue weighted by Crippen LogP contribution is 2.23. The molecule has 1 amide bonds. The van der Waals surface area contributed by atoms with Crippen LogP contribution in [0.15, 0.2) is 36.5 Å². The molecule has 23 heavy (non-hydrogen) atoms. The number of rotatable bonds is 4. The van der Waals surface area contributed by atoms with Crippen LogP contribution in [0.5, 0.6) is 0 Å². The van der Waals surface area contributed by atoms with E-state index in [4.69, 9.17) is 39.5 Å². The van der Waals surface area contributed by atoms with Gasteiger partial charge >= 0.3 is 5.97 Å². The first-order valence-corrected chi connectivity index (χ1v) is 7.58. The monoisotopic (exact) mass is 372 g/mol. The van der Waals surface area contributed by atoms with Gasteiger partial charge in [0.2, 0.25) is 0 Å². The third-order valence-electron chi connectivity index (χ3n) is 2.79. The molecule has 0 spiro atoms. The minimum atomic E-state index is -1.02. The Labute approximate surface area is 147 Å². The predicted octanol–water partition coefficient (Wildman–Crippen LogP) is 4.23. The fourth-order valence-electron chi connectivity index (χ4n) is 1.58. The molecule has 1 N–H and O–H groups in total. The van der Waals surface area contributed by atoms with Crippen molar-refractivity contribution in [2.75, 3.05) is 5.32 Å². The van der Waals surface area contributed by atoms with Crippen LogP contribution in [0, 0.1) is 0 Å². The summed E-state index contributed by atoms with van der Waals surface area (Å²) in [6.45, 7) is 1.45. The van der Waals surface area contributed by atoms with Crippen LogP contribution in [0.4, 0.5) is 5.82 Å². The molecule has 1 heterocycles. The first kappa shape index (κ1) is 17.5. The molecule has 2 aromatic rings. The molecule has 120 valence electrons. The smallest absolute Gasteiger partial charge is 0.338 e. The van der Waals surface area contributed by atoms with Gasteiger partial charge in [-0.3, -0.25) is 4.79 Å². The lowest BCUT2D eigenvalue weighted by molar-refractivity contribution is -0.123. The summed E-state index contributed by atoms with van der Waals surface area (Å²) in [4.78, 5) is 27.9. The van der Waals surface area contributed by atoms with Crippen molar-refractivity contribution in [3.05, 3.63) is 57.2 Å². The number of hydrogen-bond donors (Lipinski definition) is 1. The van der Waals surface area contributed by atoms with Crippen LogP contribution in [0.3, 0.4) is 0 Å². The average Bonchev–Trinajstić information content (AvgIpc) is 2.52. The van der Waals surface area contributed by atoms with Gasteiger partial charge in [0.15, 0.2) is 6.10 Å². The topological polar surface area (TPSA) is 68.3 Å². The molecule has 0 saturated heterocycles. The van der Waals surface area contributed by atoms with Crippen LogP contribution in [0.1, 0.15) is 17.3 Å². The number of ether oxygens (including phenoxy) is 1. The van der Waals surface area contributed by atoms with E-state index in [9.17, 15) is 9.59 Å². The van der Waals surface area contributed by atoms with Gasteiger partial charge in [0.05, 0.1) is 20.6 Å². The number of nitrogens with zero attached hydrogens (tertiary/aromatic N) is 1. The van der Waals surface area contributed by atoms with Crippen LogP contribution >= 0.6 is 34.8 Å². The standard InChI is InChI=1S/C15H11Cl3N2O3/c1-8(14(21)20-13-5-3-10(16)7-19-13)23-15(22)9-2-4-11(17)12(18)6-9/h2-8H,1H3,(H,19,20,21). The summed E-state index contributed by atoms with van der Waals surface area (Å²) in [5, 5.41) is 3.51. The summed E-state index contributed by atoms with van der Waals surface area (Å²) in [7, 11) is 0. The van der Waals surface area contributed by atoms with E-state index in [2.05, 4.69) is 10.3 Å². The third-order valence-corrected chi connectivity index (χ3v) is 3.75. The van der Waals surface area contributed by atoms with Crippen LogP contribution in [-0.4, -0.2) is 23.0 Å². The minimum Gasteiger partial charge on any atom is -0.449 e. The minimum absolute atomic E-state index is 0.198. The number of anilines is 1. The second-order valence-electron chi connectivity index (χ2n) is 4.53. The van der Waals surface area contributed by atoms with Gasteiger partial charge in [0.1, 0.15) is 5.82 Å². The number of benzene rings is 1. The van der Waals surface area contributed by atoms with Crippen molar-refractivity contribution in [3.8, 4) is 0 Å². The number of aromatic nitrogens is 1. The van der Waals surface area contributed by atoms with Crippen molar-refractivity contribution in [3.63, 3.8) is 0 Å². The van der Waals surface area contributed by atoms with E-state index in [1.807, 2.05) is 0 Å². The molecular weight excluding hydrogens is 363 g/mol. The van der Waals surface area contributed by atoms with Gasteiger partial charge < -0.3 is 10.1 Å². The zero-order chi connectivity index (χ0) is 17.0. The van der Waals surface area contributed by atoms with E-state index >= 15 is 0 Å². The van der Waals surface area contributed by atoms with Gasteiger partial charge in [0, 0.05) is 6.20 Å². The molecule has 8 heteroatoms. The van der Waals surface area contributed by atoms with Gasteiger partial charge in [-0.15, -0.1) is 0 Å². The molecule has 1 aromatic heterocycles. The van der Waals surface area contributed by atoms with Crippen molar-refractivity contribution < 1.29 is 14.3 Å². The largest absolute Gasteiger partial charge is 0.449 e. The number of nitrogens with one attached hydrogen (secondary N) is 1. The summed E-state index contributed by atoms with van der Waals surface area (Å²) in [6, 6.07) is 7.42. The predicted molar refractivity (Wildman–Crippen MR) is 89.2 cm³/mol. The average molecular weight is 374 g/mol. The molecule has 5 nitrogen and oxygen atoms in total. The number of pyridine rings is 1. The molecule has 0 aliphatic carbocycles. The number of hydrogen-bond acceptors (Lipinski definition) is 4. The van der Waals surface area contributed by atoms with E-state index in [0.717, 1.165) is 0 Å². The molecule has 1 atom stereocenters. The summed E-state index contributed by atoms with van der Waals surface area (Å²) in [6.07, 6.45) is 0.373. The Balaban J connectivity index is 1.98. The van der Waals surface area contributed by atoms with Gasteiger partial charge in [-0.1, -0.05) is 34.8 Å². The second kappa shape index (κ2) is 7.64. The normalized spacial score (nSPS) is 11.7. The highest BCUT2D eigenvalue weighted by Gasteiger charge is 2.20. The van der Waals surface area contributed by atoms with Gasteiger partial charge in [-0.05, 0) is 37.3 Å². The van der Waals surface area contributed by atoms with Crippen LogP contribution in [0.25, 0.3) is 0 Å². The molecule has 0 aliphatic rings. The van der Waals surface area contributed by atoms with E-state index in [0.29, 0.717) is 15.9 Å². The maximum Gasteiger partial charge on any atom is 0.338 e. The molecule has 0 bridgehead atoms. The lowest BCUT2D eigenvalue weighted by Crippen LogP contribution is -2.30. The van der Waals surface area contributed by atoms with Crippen molar-refractivity contribution in [2.24, 2.45) is 0 Å². The molecular formula is C15H11Cl3N2O3. The highest BCUT2D eigenvalue weighted by molar-refractivity contribution is 6.42. The summed E-state index contributed by atoms with van der Waals surface area (Å²) in [5.41, 5.74) is 0.198. The van der Waals surface area contributed by atoms with Crippen molar-refractivity contribution in [2.45, 2.75) is 13.0 Å². The SMILES string of the molecule is CC(OC(=O)c1ccc(Cl)c(Cl)c1)C(=O)Nc1ccc(Cl)cn1. The first-order chi connectivity index (χ1) is 10.9. The van der Waals surface area contributed by atoms with E-state index in [-0.39, 0.29) is 10.6 Å². The van der Waals surface area contributed by atoms with Gasteiger partial charge in [-0.2, -0.15) is 0 Å². The Morgan fingerprint density at radius 2 is 1.87 bits per heavy atom. The number of halogens is 3. The van der Waals surface area contributed by atoms with Crippen LogP contribution in [-0.2, 0) is 9.53 Å². The molecule has 0 saturated carbocycles. The molecule has 1 unspecified atom stereocenters. The van der Waals surface area contributed by atoms with Crippen molar-refractivity contribution in [1.29, 1.82) is 0 Å². The van der Waals surface area contributed by atoms with E-state index in [1.165, 1.54) is 37.4 Å². The zero-order valence-corrected chi connectivity index (χ0v) is 14.1. The first-order valence-electron chi connectivity index (χ1n) is 6.45. The van der Waals surface area contributed by atoms with Crippen molar-refractivity contribution >= 4 is 52.5 Å². The molecule has 0 aliphatic heterocycles. The fourth-order valence-corrected chi connectivity index (χ4v) is 1.99. The maximum atomic E-state index is 12.0. The Hall–Kier alpha value is -1.82. The summed E-state index contributed by atoms with van der Waals surface area (Å²) >= 11 is 17.3. The summed E-state index contributed by atoms with van der Waals surface area (Å²) in [5.74, 6) is -0.902. The summed E-state index contributed by atoms with van der Waals surface area (Å²) < 4.78 is 5.08. The van der Waals surface area contributed by atoms with E-state index in [1.54, 1.807) is 6.07 Å². The Morgan fingerprint density at radius 3 is 2.48 bits per heavy atom. The number of esters is 1. The fraction of sp³-hybridized carbons (Fsp3) is 0.133. The second-order valence-corrected chi connectivity index (χ2v) is 5.78. The van der Waals surface area contributed by atoms with Gasteiger partial charge in [0.25, 0.3) is 5.91 Å². The lowest BCUT2D eigenvalue weighted by atomic mass is 10.2. The van der Waals surface area contributed by atoms with Crippen LogP contribution in [0.2, 0.25) is 15.1 Å². The third kappa shape index (κ3) is 4.82. The van der Waals surface area contributed by atoms with Gasteiger partial charge in [-0.25, -0.2) is 9.78 Å². The Bertz CT molecular complexity index is 735. The molecule has 2 rings (SSSR count).